The summed E-state index contributed by atoms with van der Waals surface area (Å²) in [5, 5.41) is 3.84. The molecule has 0 radical (unpaired) electrons. The molecule has 110 valence electrons. The number of ether oxygens (including phenoxy) is 1. The molecule has 1 amide bonds. The van der Waals surface area contributed by atoms with Crippen LogP contribution in [0.2, 0.25) is 5.02 Å². The smallest absolute Gasteiger partial charge is 0.248 e. The molecule has 5 heteroatoms. The number of halogens is 1. The van der Waals surface area contributed by atoms with Gasteiger partial charge in [0.1, 0.15) is 6.61 Å². The quantitative estimate of drug-likeness (QED) is 0.874. The van der Waals surface area contributed by atoms with E-state index < -0.39 is 0 Å². The molecule has 0 aliphatic carbocycles. The van der Waals surface area contributed by atoms with Crippen LogP contribution in [0.4, 0.5) is 0 Å². The maximum absolute atomic E-state index is 12.2. The third kappa shape index (κ3) is 3.95. The van der Waals surface area contributed by atoms with Gasteiger partial charge in [0.15, 0.2) is 0 Å². The summed E-state index contributed by atoms with van der Waals surface area (Å²) in [4.78, 5) is 14.0. The highest BCUT2D eigenvalue weighted by atomic mass is 35.5. The Bertz CT molecular complexity index is 475. The number of rotatable bonds is 6. The Morgan fingerprint density at radius 3 is 2.80 bits per heavy atom. The molecule has 0 atom stereocenters. The molecule has 0 spiro atoms. The van der Waals surface area contributed by atoms with E-state index in [1.165, 1.54) is 0 Å². The minimum atomic E-state index is -0.189. The lowest BCUT2D eigenvalue weighted by atomic mass is 10.0. The molecule has 1 heterocycles. The number of hydrogen-bond acceptors (Lipinski definition) is 3. The van der Waals surface area contributed by atoms with Crippen LogP contribution >= 0.6 is 11.6 Å². The van der Waals surface area contributed by atoms with Crippen molar-refractivity contribution in [2.24, 2.45) is 0 Å². The van der Waals surface area contributed by atoms with E-state index in [2.05, 4.69) is 5.32 Å². The van der Waals surface area contributed by atoms with Crippen LogP contribution in [0.15, 0.2) is 24.3 Å². The summed E-state index contributed by atoms with van der Waals surface area (Å²) in [6, 6.07) is 7.58. The zero-order valence-electron chi connectivity index (χ0n) is 12.0. The topological polar surface area (TPSA) is 41.6 Å². The number of likely N-dealkylation sites (N-methyl/N-ethyl adjacent to an activating group) is 1. The Morgan fingerprint density at radius 2 is 2.25 bits per heavy atom. The molecule has 1 aliphatic rings. The van der Waals surface area contributed by atoms with Gasteiger partial charge in [-0.15, -0.1) is 0 Å². The SMILES string of the molecule is CCN(Cc1cccc(Cl)c1)C(=O)COC1(C)CNC1. The Labute approximate surface area is 125 Å². The van der Waals surface area contributed by atoms with Crippen LogP contribution in [0.5, 0.6) is 0 Å². The van der Waals surface area contributed by atoms with Crippen LogP contribution in [0.1, 0.15) is 19.4 Å². The van der Waals surface area contributed by atoms with Gasteiger partial charge in [-0.1, -0.05) is 23.7 Å². The highest BCUT2D eigenvalue weighted by molar-refractivity contribution is 6.30. The van der Waals surface area contributed by atoms with Crippen LogP contribution in [0.3, 0.4) is 0 Å². The third-order valence-electron chi connectivity index (χ3n) is 3.54. The predicted octanol–water partition coefficient (Wildman–Crippen LogP) is 2.07. The minimum absolute atomic E-state index is 0.0144. The fourth-order valence-corrected chi connectivity index (χ4v) is 2.35. The van der Waals surface area contributed by atoms with Crippen molar-refractivity contribution in [2.45, 2.75) is 26.0 Å². The van der Waals surface area contributed by atoms with Gasteiger partial charge in [-0.3, -0.25) is 4.79 Å². The molecule has 0 aromatic heterocycles. The fraction of sp³-hybridized carbons (Fsp3) is 0.533. The maximum Gasteiger partial charge on any atom is 0.248 e. The van der Waals surface area contributed by atoms with Crippen LogP contribution in [-0.4, -0.2) is 42.6 Å². The molecule has 0 bridgehead atoms. The van der Waals surface area contributed by atoms with Crippen molar-refractivity contribution in [2.75, 3.05) is 26.2 Å². The summed E-state index contributed by atoms with van der Waals surface area (Å²) >= 11 is 5.96. The summed E-state index contributed by atoms with van der Waals surface area (Å²) in [7, 11) is 0. The molecule has 0 unspecified atom stereocenters. The lowest BCUT2D eigenvalue weighted by Gasteiger charge is -2.39. The molecule has 2 rings (SSSR count). The van der Waals surface area contributed by atoms with Crippen LogP contribution in [0, 0.1) is 0 Å². The molecule has 1 aromatic carbocycles. The van der Waals surface area contributed by atoms with E-state index in [1.807, 2.05) is 38.1 Å². The van der Waals surface area contributed by atoms with Crippen LogP contribution in [0.25, 0.3) is 0 Å². The summed E-state index contributed by atoms with van der Waals surface area (Å²) in [5.74, 6) is 0.0144. The van der Waals surface area contributed by atoms with Gasteiger partial charge in [-0.05, 0) is 31.5 Å². The van der Waals surface area contributed by atoms with Crippen molar-refractivity contribution in [3.05, 3.63) is 34.9 Å². The Balaban J connectivity index is 1.88. The van der Waals surface area contributed by atoms with Gasteiger partial charge in [-0.2, -0.15) is 0 Å². The number of carbonyl (C=O) groups is 1. The largest absolute Gasteiger partial charge is 0.363 e. The average Bonchev–Trinajstić information content (AvgIpc) is 2.40. The molecule has 1 fully saturated rings. The number of amides is 1. The van der Waals surface area contributed by atoms with Gasteiger partial charge >= 0.3 is 0 Å². The Hall–Kier alpha value is -1.10. The van der Waals surface area contributed by atoms with Gasteiger partial charge < -0.3 is 15.0 Å². The minimum Gasteiger partial charge on any atom is -0.363 e. The zero-order chi connectivity index (χ0) is 14.6. The van der Waals surface area contributed by atoms with E-state index in [0.29, 0.717) is 18.1 Å². The number of benzene rings is 1. The summed E-state index contributed by atoms with van der Waals surface area (Å²) < 4.78 is 5.69. The predicted molar refractivity (Wildman–Crippen MR) is 79.8 cm³/mol. The number of nitrogens with one attached hydrogen (secondary N) is 1. The lowest BCUT2D eigenvalue weighted by molar-refractivity contribution is -0.146. The third-order valence-corrected chi connectivity index (χ3v) is 3.77. The number of carbonyl (C=O) groups excluding carboxylic acids is 1. The molecule has 0 saturated carbocycles. The van der Waals surface area contributed by atoms with E-state index in [0.717, 1.165) is 18.7 Å². The molecular weight excluding hydrogens is 276 g/mol. The second kappa shape index (κ2) is 6.57. The van der Waals surface area contributed by atoms with Crippen LogP contribution < -0.4 is 5.32 Å². The van der Waals surface area contributed by atoms with Gasteiger partial charge in [0.05, 0.1) is 5.60 Å². The lowest BCUT2D eigenvalue weighted by Crippen LogP contribution is -2.59. The van der Waals surface area contributed by atoms with Crippen molar-refractivity contribution in [1.82, 2.24) is 10.2 Å². The van der Waals surface area contributed by atoms with Crippen molar-refractivity contribution in [3.63, 3.8) is 0 Å². The average molecular weight is 297 g/mol. The molecular formula is C15H21ClN2O2. The first-order valence-corrected chi connectivity index (χ1v) is 7.27. The Morgan fingerprint density at radius 1 is 1.50 bits per heavy atom. The molecule has 1 aromatic rings. The second-order valence-electron chi connectivity index (χ2n) is 5.38. The Kier molecular flexibility index (Phi) is 5.02. The van der Waals surface area contributed by atoms with Crippen molar-refractivity contribution in [3.8, 4) is 0 Å². The second-order valence-corrected chi connectivity index (χ2v) is 5.82. The zero-order valence-corrected chi connectivity index (χ0v) is 12.7. The highest BCUT2D eigenvalue weighted by Gasteiger charge is 2.33. The number of nitrogens with zero attached hydrogens (tertiary/aromatic N) is 1. The van der Waals surface area contributed by atoms with Crippen molar-refractivity contribution >= 4 is 17.5 Å². The van der Waals surface area contributed by atoms with E-state index in [-0.39, 0.29) is 18.1 Å². The molecule has 1 N–H and O–H groups in total. The van der Waals surface area contributed by atoms with Gasteiger partial charge in [0, 0.05) is 31.2 Å². The molecule has 20 heavy (non-hydrogen) atoms. The first-order valence-electron chi connectivity index (χ1n) is 6.89. The van der Waals surface area contributed by atoms with Crippen molar-refractivity contribution < 1.29 is 9.53 Å². The normalized spacial score (nSPS) is 16.6. The van der Waals surface area contributed by atoms with E-state index in [1.54, 1.807) is 4.90 Å². The van der Waals surface area contributed by atoms with E-state index in [4.69, 9.17) is 16.3 Å². The monoisotopic (exact) mass is 296 g/mol. The van der Waals surface area contributed by atoms with Gasteiger partial charge in [0.2, 0.25) is 5.91 Å². The van der Waals surface area contributed by atoms with E-state index in [9.17, 15) is 4.79 Å². The maximum atomic E-state index is 12.2. The van der Waals surface area contributed by atoms with Crippen LogP contribution in [-0.2, 0) is 16.1 Å². The van der Waals surface area contributed by atoms with E-state index >= 15 is 0 Å². The number of hydrogen-bond donors (Lipinski definition) is 1. The summed E-state index contributed by atoms with van der Waals surface area (Å²) in [6.07, 6.45) is 0. The molecule has 1 saturated heterocycles. The summed E-state index contributed by atoms with van der Waals surface area (Å²) in [5.41, 5.74) is 0.842. The van der Waals surface area contributed by atoms with Gasteiger partial charge in [-0.25, -0.2) is 0 Å². The fourth-order valence-electron chi connectivity index (χ4n) is 2.14. The standard InChI is InChI=1S/C15H21ClN2O2/c1-3-18(8-12-5-4-6-13(16)7-12)14(19)9-20-15(2)10-17-11-15/h4-7,17H,3,8-11H2,1-2H3. The van der Waals surface area contributed by atoms with Gasteiger partial charge in [0.25, 0.3) is 0 Å². The molecule has 4 nitrogen and oxygen atoms in total. The summed E-state index contributed by atoms with van der Waals surface area (Å²) in [6.45, 7) is 6.95. The highest BCUT2D eigenvalue weighted by Crippen LogP contribution is 2.16. The van der Waals surface area contributed by atoms with Crippen molar-refractivity contribution in [1.29, 1.82) is 0 Å². The first-order chi connectivity index (χ1) is 9.52. The first kappa shape index (κ1) is 15.3. The molecule has 1 aliphatic heterocycles.